The van der Waals surface area contributed by atoms with Crippen molar-refractivity contribution >= 4 is 40.0 Å². The largest absolute Gasteiger partial charge is 0.370 e. The molecular weight excluding hydrogens is 439 g/mol. The Labute approximate surface area is 162 Å². The molecule has 1 aromatic rings. The van der Waals surface area contributed by atoms with Gasteiger partial charge in [-0.05, 0) is 30.9 Å². The van der Waals surface area contributed by atoms with Gasteiger partial charge in [-0.15, -0.1) is 24.0 Å². The molecule has 1 rings (SSSR count). The van der Waals surface area contributed by atoms with Gasteiger partial charge in [0.15, 0.2) is 5.96 Å². The summed E-state index contributed by atoms with van der Waals surface area (Å²) in [6, 6.07) is 7.25. The van der Waals surface area contributed by atoms with Crippen LogP contribution >= 0.6 is 24.0 Å². The first-order valence-electron chi connectivity index (χ1n) is 7.80. The highest BCUT2D eigenvalue weighted by atomic mass is 127. The number of benzene rings is 1. The summed E-state index contributed by atoms with van der Waals surface area (Å²) in [5, 5.41) is 3.04. The Morgan fingerprint density at radius 2 is 1.75 bits per heavy atom. The summed E-state index contributed by atoms with van der Waals surface area (Å²) >= 11 is 0. The van der Waals surface area contributed by atoms with Gasteiger partial charge < -0.3 is 11.1 Å². The summed E-state index contributed by atoms with van der Waals surface area (Å²) < 4.78 is 26.8. The van der Waals surface area contributed by atoms with E-state index in [-0.39, 0.29) is 35.8 Å². The lowest BCUT2D eigenvalue weighted by molar-refractivity contribution is 0.569. The van der Waals surface area contributed by atoms with Crippen molar-refractivity contribution in [3.8, 4) is 0 Å². The molecule has 6 nitrogen and oxygen atoms in total. The van der Waals surface area contributed by atoms with E-state index in [0.29, 0.717) is 18.4 Å². The molecule has 0 spiro atoms. The van der Waals surface area contributed by atoms with Crippen molar-refractivity contribution < 1.29 is 8.42 Å². The highest BCUT2D eigenvalue weighted by molar-refractivity contribution is 14.0. The van der Waals surface area contributed by atoms with Gasteiger partial charge in [0.25, 0.3) is 0 Å². The Morgan fingerprint density at radius 3 is 2.29 bits per heavy atom. The van der Waals surface area contributed by atoms with Crippen LogP contribution in [0.15, 0.2) is 29.3 Å². The Hall–Kier alpha value is -0.870. The van der Waals surface area contributed by atoms with Gasteiger partial charge >= 0.3 is 0 Å². The zero-order valence-corrected chi connectivity index (χ0v) is 17.9. The predicted octanol–water partition coefficient (Wildman–Crippen LogP) is 2.19. The number of rotatable bonds is 8. The van der Waals surface area contributed by atoms with Crippen LogP contribution in [0.4, 0.5) is 0 Å². The minimum absolute atomic E-state index is 0. The molecule has 0 heterocycles. The maximum absolute atomic E-state index is 12.1. The van der Waals surface area contributed by atoms with E-state index in [1.54, 1.807) is 13.8 Å². The quantitative estimate of drug-likeness (QED) is 0.310. The molecule has 0 aliphatic carbocycles. The Bertz CT molecular complexity index is 631. The fraction of sp³-hybridized carbons (Fsp3) is 0.562. The average Bonchev–Trinajstić information content (AvgIpc) is 2.42. The number of nitrogens with zero attached hydrogens (tertiary/aromatic N) is 1. The molecule has 4 N–H and O–H groups in total. The molecule has 0 atom stereocenters. The van der Waals surface area contributed by atoms with Crippen LogP contribution in [0.3, 0.4) is 0 Å². The van der Waals surface area contributed by atoms with E-state index < -0.39 is 10.0 Å². The third-order valence-electron chi connectivity index (χ3n) is 2.99. The monoisotopic (exact) mass is 468 g/mol. The maximum Gasteiger partial charge on any atom is 0.216 e. The summed E-state index contributed by atoms with van der Waals surface area (Å²) in [6.45, 7) is 8.88. The van der Waals surface area contributed by atoms with Crippen molar-refractivity contribution in [1.82, 2.24) is 10.0 Å². The van der Waals surface area contributed by atoms with Crippen LogP contribution in [0, 0.1) is 5.92 Å². The van der Waals surface area contributed by atoms with Gasteiger partial charge in [-0.25, -0.2) is 18.1 Å². The third kappa shape index (κ3) is 9.43. The molecule has 0 fully saturated rings. The van der Waals surface area contributed by atoms with Crippen molar-refractivity contribution in [2.75, 3.05) is 6.54 Å². The van der Waals surface area contributed by atoms with Gasteiger partial charge in [0, 0.05) is 12.6 Å². The summed E-state index contributed by atoms with van der Waals surface area (Å²) in [7, 11) is -3.36. The summed E-state index contributed by atoms with van der Waals surface area (Å²) in [5.41, 5.74) is 7.42. The second kappa shape index (κ2) is 10.9. The first kappa shape index (κ1) is 23.1. The first-order chi connectivity index (χ1) is 10.7. The predicted molar refractivity (Wildman–Crippen MR) is 111 cm³/mol. The molecule has 1 aromatic carbocycles. The van der Waals surface area contributed by atoms with E-state index >= 15 is 0 Å². The molecule has 0 saturated carbocycles. The molecule has 0 aliphatic heterocycles. The SMILES string of the molecule is CC(C)CNC(N)=NCc1ccccc1CS(=O)(=O)NC(C)C.I. The molecule has 0 saturated heterocycles. The van der Waals surface area contributed by atoms with E-state index in [0.717, 1.165) is 17.7 Å². The summed E-state index contributed by atoms with van der Waals surface area (Å²) in [6.07, 6.45) is 0. The number of nitrogens with two attached hydrogens (primary N) is 1. The molecule has 0 amide bonds. The number of hydrogen-bond acceptors (Lipinski definition) is 3. The van der Waals surface area contributed by atoms with Gasteiger partial charge in [-0.1, -0.05) is 38.1 Å². The van der Waals surface area contributed by atoms with Crippen LogP contribution in [0.1, 0.15) is 38.8 Å². The standard InChI is InChI=1S/C16H28N4O2S.HI/c1-12(2)9-18-16(17)19-10-14-7-5-6-8-15(14)11-23(21,22)20-13(3)4;/h5-8,12-13,20H,9-11H2,1-4H3,(H3,17,18,19);1H. The van der Waals surface area contributed by atoms with Crippen molar-refractivity contribution in [2.24, 2.45) is 16.6 Å². The van der Waals surface area contributed by atoms with Gasteiger partial charge in [0.1, 0.15) is 0 Å². The molecular formula is C16H29IN4O2S. The molecule has 0 aromatic heterocycles. The minimum Gasteiger partial charge on any atom is -0.370 e. The first-order valence-corrected chi connectivity index (χ1v) is 9.45. The Kier molecular flexibility index (Phi) is 10.5. The Morgan fingerprint density at radius 1 is 1.17 bits per heavy atom. The van der Waals surface area contributed by atoms with Gasteiger partial charge in [0.2, 0.25) is 10.0 Å². The van der Waals surface area contributed by atoms with Gasteiger partial charge in [0.05, 0.1) is 12.3 Å². The molecule has 0 aliphatic rings. The lowest BCUT2D eigenvalue weighted by Gasteiger charge is -2.12. The molecule has 0 radical (unpaired) electrons. The van der Waals surface area contributed by atoms with Crippen molar-refractivity contribution in [1.29, 1.82) is 0 Å². The molecule has 0 unspecified atom stereocenters. The smallest absolute Gasteiger partial charge is 0.216 e. The molecule has 8 heteroatoms. The second-order valence-corrected chi connectivity index (χ2v) is 8.03. The van der Waals surface area contributed by atoms with E-state index in [9.17, 15) is 8.42 Å². The van der Waals surface area contributed by atoms with Crippen molar-refractivity contribution in [3.63, 3.8) is 0 Å². The van der Waals surface area contributed by atoms with E-state index in [1.165, 1.54) is 0 Å². The molecule has 138 valence electrons. The lowest BCUT2D eigenvalue weighted by atomic mass is 10.1. The van der Waals surface area contributed by atoms with Crippen LogP contribution in [0.5, 0.6) is 0 Å². The molecule has 0 bridgehead atoms. The number of sulfonamides is 1. The van der Waals surface area contributed by atoms with E-state index in [2.05, 4.69) is 28.9 Å². The fourth-order valence-electron chi connectivity index (χ4n) is 1.99. The van der Waals surface area contributed by atoms with Crippen LogP contribution in [0.2, 0.25) is 0 Å². The van der Waals surface area contributed by atoms with E-state index in [4.69, 9.17) is 5.73 Å². The lowest BCUT2D eigenvalue weighted by Crippen LogP contribution is -2.34. The van der Waals surface area contributed by atoms with Crippen molar-refractivity contribution in [2.45, 2.75) is 46.0 Å². The topological polar surface area (TPSA) is 96.6 Å². The highest BCUT2D eigenvalue weighted by Crippen LogP contribution is 2.13. The van der Waals surface area contributed by atoms with Crippen LogP contribution in [0.25, 0.3) is 0 Å². The maximum atomic E-state index is 12.1. The zero-order valence-electron chi connectivity index (χ0n) is 14.7. The highest BCUT2D eigenvalue weighted by Gasteiger charge is 2.15. The number of halogens is 1. The van der Waals surface area contributed by atoms with Crippen molar-refractivity contribution in [3.05, 3.63) is 35.4 Å². The summed E-state index contributed by atoms with van der Waals surface area (Å²) in [5.74, 6) is 0.788. The average molecular weight is 468 g/mol. The number of guanidine groups is 1. The zero-order chi connectivity index (χ0) is 17.5. The fourth-order valence-corrected chi connectivity index (χ4v) is 3.49. The number of hydrogen-bond donors (Lipinski definition) is 3. The van der Waals surface area contributed by atoms with Gasteiger partial charge in [-0.3, -0.25) is 0 Å². The number of aliphatic imine (C=N–C) groups is 1. The Balaban J connectivity index is 0.00000529. The normalized spacial score (nSPS) is 12.3. The third-order valence-corrected chi connectivity index (χ3v) is 4.51. The van der Waals surface area contributed by atoms with Gasteiger partial charge in [-0.2, -0.15) is 0 Å². The molecule has 24 heavy (non-hydrogen) atoms. The summed E-state index contributed by atoms with van der Waals surface area (Å²) in [4.78, 5) is 4.29. The number of nitrogens with one attached hydrogen (secondary N) is 2. The van der Waals surface area contributed by atoms with E-state index in [1.807, 2.05) is 24.3 Å². The minimum atomic E-state index is -3.36. The van der Waals surface area contributed by atoms with Crippen LogP contribution in [-0.2, 0) is 22.3 Å². The van der Waals surface area contributed by atoms with Crippen LogP contribution in [-0.4, -0.2) is 27.0 Å². The second-order valence-electron chi connectivity index (χ2n) is 6.28. The van der Waals surface area contributed by atoms with Crippen LogP contribution < -0.4 is 15.8 Å².